The van der Waals surface area contributed by atoms with Gasteiger partial charge in [0.1, 0.15) is 0 Å². The maximum Gasteiger partial charge on any atom is 0.274 e. The summed E-state index contributed by atoms with van der Waals surface area (Å²) in [5.74, 6) is 6.53. The first-order chi connectivity index (χ1) is 9.76. The first-order valence-corrected chi connectivity index (χ1v) is 7.08. The summed E-state index contributed by atoms with van der Waals surface area (Å²) in [6.07, 6.45) is 2.74. The lowest BCUT2D eigenvalue weighted by molar-refractivity contribution is 0.0625. The van der Waals surface area contributed by atoms with Gasteiger partial charge in [0, 0.05) is 32.7 Å². The highest BCUT2D eigenvalue weighted by Gasteiger charge is 2.28. The third-order valence-corrected chi connectivity index (χ3v) is 3.90. The second-order valence-corrected chi connectivity index (χ2v) is 5.48. The van der Waals surface area contributed by atoms with Crippen LogP contribution in [0.3, 0.4) is 0 Å². The Hall–Kier alpha value is -1.73. The average molecular weight is 276 g/mol. The van der Waals surface area contributed by atoms with Crippen molar-refractivity contribution >= 4 is 11.7 Å². The summed E-state index contributed by atoms with van der Waals surface area (Å²) < 4.78 is 0. The number of nitrogens with one attached hydrogen (secondary N) is 1. The van der Waals surface area contributed by atoms with Gasteiger partial charge in [-0.1, -0.05) is 0 Å². The van der Waals surface area contributed by atoms with E-state index < -0.39 is 0 Å². The number of anilines is 1. The van der Waals surface area contributed by atoms with E-state index in [1.54, 1.807) is 12.1 Å². The molecular weight excluding hydrogens is 256 g/mol. The van der Waals surface area contributed by atoms with Crippen LogP contribution in [-0.2, 0) is 0 Å². The quantitative estimate of drug-likeness (QED) is 0.591. The van der Waals surface area contributed by atoms with Crippen molar-refractivity contribution < 1.29 is 4.79 Å². The fourth-order valence-electron chi connectivity index (χ4n) is 2.48. The fourth-order valence-corrected chi connectivity index (χ4v) is 2.48. The zero-order valence-electron chi connectivity index (χ0n) is 11.5. The lowest BCUT2D eigenvalue weighted by atomic mass is 10.2. The van der Waals surface area contributed by atoms with Gasteiger partial charge in [0.15, 0.2) is 11.5 Å². The summed E-state index contributed by atoms with van der Waals surface area (Å²) in [5, 5.41) is 7.74. The van der Waals surface area contributed by atoms with Crippen molar-refractivity contribution in [3.63, 3.8) is 0 Å². The molecule has 108 valence electrons. The predicted molar refractivity (Wildman–Crippen MR) is 74.9 cm³/mol. The molecule has 0 spiro atoms. The van der Waals surface area contributed by atoms with E-state index in [1.807, 2.05) is 4.90 Å². The Morgan fingerprint density at radius 1 is 1.25 bits per heavy atom. The van der Waals surface area contributed by atoms with Gasteiger partial charge in [-0.3, -0.25) is 9.69 Å². The number of nitrogens with two attached hydrogens (primary N) is 1. The molecule has 0 bridgehead atoms. The number of aromatic nitrogens is 2. The SMILES string of the molecule is NNc1ccc(C(=O)N2CCN(CC3CC3)CC2)nn1. The van der Waals surface area contributed by atoms with E-state index in [-0.39, 0.29) is 5.91 Å². The normalized spacial score (nSPS) is 19.9. The standard InChI is InChI=1S/C13H20N6O/c14-15-12-4-3-11(16-17-12)13(20)19-7-5-18(6-8-19)9-10-1-2-10/h3-4,10H,1-2,5-9,14H2,(H,15,17). The van der Waals surface area contributed by atoms with Crippen LogP contribution >= 0.6 is 0 Å². The van der Waals surface area contributed by atoms with E-state index >= 15 is 0 Å². The van der Waals surface area contributed by atoms with Crippen LogP contribution in [0.15, 0.2) is 12.1 Å². The van der Waals surface area contributed by atoms with E-state index in [2.05, 4.69) is 20.5 Å². The van der Waals surface area contributed by atoms with E-state index in [4.69, 9.17) is 5.84 Å². The highest BCUT2D eigenvalue weighted by molar-refractivity contribution is 5.92. The van der Waals surface area contributed by atoms with Gasteiger partial charge in [0.05, 0.1) is 0 Å². The molecule has 3 N–H and O–H groups in total. The Morgan fingerprint density at radius 2 is 2.00 bits per heavy atom. The number of nitrogens with zero attached hydrogens (tertiary/aromatic N) is 4. The van der Waals surface area contributed by atoms with E-state index in [0.29, 0.717) is 11.5 Å². The molecule has 1 saturated carbocycles. The zero-order valence-corrected chi connectivity index (χ0v) is 11.5. The number of piperazine rings is 1. The summed E-state index contributed by atoms with van der Waals surface area (Å²) in [5.41, 5.74) is 2.77. The van der Waals surface area contributed by atoms with Gasteiger partial charge in [0.25, 0.3) is 5.91 Å². The lowest BCUT2D eigenvalue weighted by Crippen LogP contribution is -2.49. The molecule has 1 aliphatic carbocycles. The molecule has 7 nitrogen and oxygen atoms in total. The summed E-state index contributed by atoms with van der Waals surface area (Å²) >= 11 is 0. The number of rotatable bonds is 4. The Bertz CT molecular complexity index is 464. The largest absolute Gasteiger partial charge is 0.335 e. The van der Waals surface area contributed by atoms with Crippen LogP contribution in [0.1, 0.15) is 23.3 Å². The summed E-state index contributed by atoms with van der Waals surface area (Å²) in [6, 6.07) is 3.31. The maximum absolute atomic E-state index is 12.3. The number of hydrazine groups is 1. The molecule has 1 aliphatic heterocycles. The molecule has 7 heteroatoms. The van der Waals surface area contributed by atoms with E-state index in [9.17, 15) is 4.79 Å². The molecule has 20 heavy (non-hydrogen) atoms. The Morgan fingerprint density at radius 3 is 2.55 bits per heavy atom. The number of nitrogen functional groups attached to an aromatic ring is 1. The van der Waals surface area contributed by atoms with Crippen LogP contribution in [0.4, 0.5) is 5.82 Å². The van der Waals surface area contributed by atoms with Crippen LogP contribution in [0.25, 0.3) is 0 Å². The molecule has 1 amide bonds. The van der Waals surface area contributed by atoms with Gasteiger partial charge in [-0.2, -0.15) is 0 Å². The minimum atomic E-state index is -0.0489. The molecule has 3 rings (SSSR count). The van der Waals surface area contributed by atoms with Crippen LogP contribution in [0, 0.1) is 5.92 Å². The van der Waals surface area contributed by atoms with Crippen molar-refractivity contribution in [1.29, 1.82) is 0 Å². The minimum Gasteiger partial charge on any atom is -0.335 e. The summed E-state index contributed by atoms with van der Waals surface area (Å²) in [6.45, 7) is 4.64. The van der Waals surface area contributed by atoms with Crippen molar-refractivity contribution in [2.45, 2.75) is 12.8 Å². The zero-order chi connectivity index (χ0) is 13.9. The monoisotopic (exact) mass is 276 g/mol. The first kappa shape index (κ1) is 13.3. The summed E-state index contributed by atoms with van der Waals surface area (Å²) in [4.78, 5) is 16.6. The number of amides is 1. The van der Waals surface area contributed by atoms with E-state index in [1.165, 1.54) is 19.4 Å². The predicted octanol–water partition coefficient (Wildman–Crippen LogP) is -0.0700. The van der Waals surface area contributed by atoms with Gasteiger partial charge in [0.2, 0.25) is 0 Å². The minimum absolute atomic E-state index is 0.0489. The van der Waals surface area contributed by atoms with Crippen LogP contribution in [0.2, 0.25) is 0 Å². The highest BCUT2D eigenvalue weighted by Crippen LogP contribution is 2.29. The Labute approximate surface area is 118 Å². The number of hydrogen-bond donors (Lipinski definition) is 2. The Kier molecular flexibility index (Phi) is 3.79. The maximum atomic E-state index is 12.3. The molecule has 0 atom stereocenters. The molecule has 1 saturated heterocycles. The van der Waals surface area contributed by atoms with Crippen molar-refractivity contribution in [3.05, 3.63) is 17.8 Å². The lowest BCUT2D eigenvalue weighted by Gasteiger charge is -2.34. The van der Waals surface area contributed by atoms with Gasteiger partial charge >= 0.3 is 0 Å². The van der Waals surface area contributed by atoms with Gasteiger partial charge < -0.3 is 10.3 Å². The Balaban J connectivity index is 1.54. The number of carbonyl (C=O) groups is 1. The van der Waals surface area contributed by atoms with Crippen LogP contribution in [0.5, 0.6) is 0 Å². The second-order valence-electron chi connectivity index (χ2n) is 5.48. The topological polar surface area (TPSA) is 87.4 Å². The van der Waals surface area contributed by atoms with Gasteiger partial charge in [-0.15, -0.1) is 10.2 Å². The molecule has 1 aromatic heterocycles. The third-order valence-electron chi connectivity index (χ3n) is 3.90. The van der Waals surface area contributed by atoms with Crippen molar-refractivity contribution in [3.8, 4) is 0 Å². The average Bonchev–Trinajstić information content (AvgIpc) is 3.31. The number of hydrogen-bond acceptors (Lipinski definition) is 6. The molecule has 2 aliphatic rings. The highest BCUT2D eigenvalue weighted by atomic mass is 16.2. The first-order valence-electron chi connectivity index (χ1n) is 7.08. The van der Waals surface area contributed by atoms with E-state index in [0.717, 1.165) is 32.1 Å². The molecule has 2 fully saturated rings. The fraction of sp³-hybridized carbons (Fsp3) is 0.615. The van der Waals surface area contributed by atoms with Crippen LogP contribution in [-0.4, -0.2) is 58.6 Å². The molecule has 0 radical (unpaired) electrons. The van der Waals surface area contributed by atoms with Gasteiger partial charge in [-0.05, 0) is 30.9 Å². The van der Waals surface area contributed by atoms with Crippen molar-refractivity contribution in [2.75, 3.05) is 38.1 Å². The molecule has 0 aromatic carbocycles. The van der Waals surface area contributed by atoms with Crippen molar-refractivity contribution in [1.82, 2.24) is 20.0 Å². The second kappa shape index (κ2) is 5.72. The molecule has 1 aromatic rings. The third kappa shape index (κ3) is 3.05. The van der Waals surface area contributed by atoms with Gasteiger partial charge in [-0.25, -0.2) is 5.84 Å². The number of carbonyl (C=O) groups excluding carboxylic acids is 1. The molecule has 0 unspecified atom stereocenters. The van der Waals surface area contributed by atoms with Crippen LogP contribution < -0.4 is 11.3 Å². The smallest absolute Gasteiger partial charge is 0.274 e. The molecule has 2 heterocycles. The molecular formula is C13H20N6O. The van der Waals surface area contributed by atoms with Crippen molar-refractivity contribution in [2.24, 2.45) is 11.8 Å². The summed E-state index contributed by atoms with van der Waals surface area (Å²) in [7, 11) is 0.